The van der Waals surface area contributed by atoms with E-state index < -0.39 is 17.7 Å². The minimum atomic E-state index is -0.808. The van der Waals surface area contributed by atoms with Crippen molar-refractivity contribution >= 4 is 28.8 Å². The van der Waals surface area contributed by atoms with Gasteiger partial charge in [-0.05, 0) is 43.5 Å². The van der Waals surface area contributed by atoms with Crippen LogP contribution in [-0.2, 0) is 16.1 Å². The average molecular weight is 497 g/mol. The van der Waals surface area contributed by atoms with E-state index in [9.17, 15) is 19.2 Å². The van der Waals surface area contributed by atoms with Gasteiger partial charge in [0.2, 0.25) is 11.8 Å². The molecule has 3 aromatic rings. The van der Waals surface area contributed by atoms with Crippen LogP contribution in [0.5, 0.6) is 11.5 Å². The summed E-state index contributed by atoms with van der Waals surface area (Å²) in [5, 5.41) is 8.34. The van der Waals surface area contributed by atoms with Gasteiger partial charge in [0.05, 0.1) is 24.7 Å². The van der Waals surface area contributed by atoms with Crippen LogP contribution in [0.15, 0.2) is 51.7 Å². The lowest BCUT2D eigenvalue weighted by molar-refractivity contribution is -0.129. The van der Waals surface area contributed by atoms with Crippen LogP contribution in [0.3, 0.4) is 0 Å². The number of ether oxygens (including phenoxy) is 2. The van der Waals surface area contributed by atoms with Gasteiger partial charge in [-0.25, -0.2) is 4.79 Å². The lowest BCUT2D eigenvalue weighted by Crippen LogP contribution is -2.48. The lowest BCUT2D eigenvalue weighted by atomic mass is 10.1. The molecule has 1 aliphatic rings. The van der Waals surface area contributed by atoms with Crippen molar-refractivity contribution in [2.75, 3.05) is 26.8 Å². The largest absolute Gasteiger partial charge is 0.497 e. The van der Waals surface area contributed by atoms with Gasteiger partial charge in [0.25, 0.3) is 5.91 Å². The third-order valence-electron chi connectivity index (χ3n) is 5.82. The van der Waals surface area contributed by atoms with Crippen molar-refractivity contribution in [2.45, 2.75) is 31.8 Å². The number of fused-ring (bicyclic) bond motifs is 2. The van der Waals surface area contributed by atoms with Crippen LogP contribution in [0.2, 0.25) is 0 Å². The summed E-state index contributed by atoms with van der Waals surface area (Å²) in [4.78, 5) is 50.4. The number of oxazole rings is 1. The number of para-hydroxylation sites is 2. The van der Waals surface area contributed by atoms with Crippen LogP contribution < -0.4 is 31.2 Å². The molecule has 1 aromatic heterocycles. The van der Waals surface area contributed by atoms with Crippen LogP contribution in [-0.4, -0.2) is 55.1 Å². The van der Waals surface area contributed by atoms with Crippen molar-refractivity contribution in [1.29, 1.82) is 0 Å². The number of carbonyl (C=O) groups is 3. The standard InChI is InChI=1S/C25H28N4O7/c1-34-16-9-10-17-21(14-16)35-13-12-27-24(32)18(6-4-5-11-26-23(17)31)28-22(30)15-29-19-7-2-3-8-20(19)36-25(29)33/h2-3,7-10,14,18H,4-6,11-13,15H2,1H3,(H,26,31)(H,27,32)(H,28,30)/t18-/m0/s1. The Labute approximate surface area is 206 Å². The van der Waals surface area contributed by atoms with E-state index in [0.717, 1.165) is 0 Å². The predicted molar refractivity (Wildman–Crippen MR) is 130 cm³/mol. The van der Waals surface area contributed by atoms with Gasteiger partial charge in [0, 0.05) is 12.6 Å². The molecule has 0 aliphatic carbocycles. The first-order chi connectivity index (χ1) is 17.5. The van der Waals surface area contributed by atoms with E-state index >= 15 is 0 Å². The first-order valence-electron chi connectivity index (χ1n) is 11.7. The number of hydrogen-bond donors (Lipinski definition) is 3. The Kier molecular flexibility index (Phi) is 7.89. The van der Waals surface area contributed by atoms with Crippen molar-refractivity contribution in [3.8, 4) is 11.5 Å². The lowest BCUT2D eigenvalue weighted by Gasteiger charge is -2.20. The van der Waals surface area contributed by atoms with Crippen molar-refractivity contribution in [1.82, 2.24) is 20.5 Å². The smallest absolute Gasteiger partial charge is 0.420 e. The summed E-state index contributed by atoms with van der Waals surface area (Å²) in [6.07, 6.45) is 1.55. The molecule has 0 saturated heterocycles. The summed E-state index contributed by atoms with van der Waals surface area (Å²) in [5.74, 6) is -0.874. The molecule has 2 heterocycles. The van der Waals surface area contributed by atoms with Gasteiger partial charge in [-0.15, -0.1) is 0 Å². The van der Waals surface area contributed by atoms with E-state index in [0.29, 0.717) is 54.0 Å². The maximum atomic E-state index is 12.8. The second-order valence-corrected chi connectivity index (χ2v) is 8.30. The summed E-state index contributed by atoms with van der Waals surface area (Å²) in [5.41, 5.74) is 1.26. The van der Waals surface area contributed by atoms with Gasteiger partial charge < -0.3 is 29.8 Å². The van der Waals surface area contributed by atoms with E-state index in [1.54, 1.807) is 42.5 Å². The zero-order chi connectivity index (χ0) is 25.5. The Morgan fingerprint density at radius 3 is 2.78 bits per heavy atom. The van der Waals surface area contributed by atoms with Crippen molar-refractivity contribution in [3.05, 3.63) is 58.6 Å². The Bertz CT molecular complexity index is 1310. The van der Waals surface area contributed by atoms with Gasteiger partial charge in [-0.1, -0.05) is 12.1 Å². The van der Waals surface area contributed by atoms with Crippen LogP contribution in [0.4, 0.5) is 0 Å². The molecule has 0 saturated carbocycles. The fourth-order valence-electron chi connectivity index (χ4n) is 3.98. The molecule has 3 amide bonds. The van der Waals surface area contributed by atoms with Crippen molar-refractivity contribution in [3.63, 3.8) is 0 Å². The van der Waals surface area contributed by atoms with E-state index in [2.05, 4.69) is 16.0 Å². The highest BCUT2D eigenvalue weighted by Gasteiger charge is 2.22. The van der Waals surface area contributed by atoms with Crippen LogP contribution in [0, 0.1) is 0 Å². The molecule has 2 aromatic carbocycles. The average Bonchev–Trinajstić information content (AvgIpc) is 3.19. The zero-order valence-corrected chi connectivity index (χ0v) is 19.9. The fourth-order valence-corrected chi connectivity index (χ4v) is 3.98. The van der Waals surface area contributed by atoms with Gasteiger partial charge in [-0.2, -0.15) is 0 Å². The molecular formula is C25H28N4O7. The number of methoxy groups -OCH3 is 1. The molecule has 0 spiro atoms. The van der Waals surface area contributed by atoms with Gasteiger partial charge in [0.1, 0.15) is 30.7 Å². The number of carbonyl (C=O) groups excluding carboxylic acids is 3. The highest BCUT2D eigenvalue weighted by Crippen LogP contribution is 2.25. The van der Waals surface area contributed by atoms with Crippen LogP contribution in [0.1, 0.15) is 29.6 Å². The third kappa shape index (κ3) is 5.85. The highest BCUT2D eigenvalue weighted by atomic mass is 16.5. The second-order valence-electron chi connectivity index (χ2n) is 8.30. The van der Waals surface area contributed by atoms with E-state index in [4.69, 9.17) is 13.9 Å². The Hall–Kier alpha value is -4.28. The number of nitrogens with zero attached hydrogens (tertiary/aromatic N) is 1. The fraction of sp³-hybridized carbons (Fsp3) is 0.360. The Balaban J connectivity index is 1.42. The summed E-state index contributed by atoms with van der Waals surface area (Å²) < 4.78 is 17.3. The predicted octanol–water partition coefficient (Wildman–Crippen LogP) is 1.20. The van der Waals surface area contributed by atoms with Crippen LogP contribution in [0.25, 0.3) is 11.1 Å². The second kappa shape index (κ2) is 11.4. The molecule has 36 heavy (non-hydrogen) atoms. The number of rotatable bonds is 4. The Morgan fingerprint density at radius 2 is 1.94 bits per heavy atom. The number of aromatic nitrogens is 1. The zero-order valence-electron chi connectivity index (χ0n) is 19.9. The molecule has 0 bridgehead atoms. The maximum absolute atomic E-state index is 12.8. The van der Waals surface area contributed by atoms with Crippen molar-refractivity contribution in [2.24, 2.45) is 0 Å². The highest BCUT2D eigenvalue weighted by molar-refractivity contribution is 5.97. The third-order valence-corrected chi connectivity index (χ3v) is 5.82. The van der Waals surface area contributed by atoms with Crippen LogP contribution >= 0.6 is 0 Å². The number of hydrogen-bond acceptors (Lipinski definition) is 7. The maximum Gasteiger partial charge on any atom is 0.420 e. The normalized spacial score (nSPS) is 17.2. The quantitative estimate of drug-likeness (QED) is 0.493. The van der Waals surface area contributed by atoms with Gasteiger partial charge >= 0.3 is 5.76 Å². The first-order valence-corrected chi connectivity index (χ1v) is 11.7. The molecule has 0 unspecified atom stereocenters. The van der Waals surface area contributed by atoms with E-state index in [1.165, 1.54) is 11.7 Å². The number of nitrogens with one attached hydrogen (secondary N) is 3. The molecule has 1 atom stereocenters. The Morgan fingerprint density at radius 1 is 1.11 bits per heavy atom. The van der Waals surface area contributed by atoms with Gasteiger partial charge in [-0.3, -0.25) is 19.0 Å². The number of benzene rings is 2. The minimum absolute atomic E-state index is 0.107. The summed E-state index contributed by atoms with van der Waals surface area (Å²) in [6.45, 7) is 0.381. The molecule has 11 nitrogen and oxygen atoms in total. The molecular weight excluding hydrogens is 468 g/mol. The summed E-state index contributed by atoms with van der Waals surface area (Å²) >= 11 is 0. The topological polar surface area (TPSA) is 141 Å². The molecule has 0 radical (unpaired) electrons. The first kappa shape index (κ1) is 24.8. The summed E-state index contributed by atoms with van der Waals surface area (Å²) in [6, 6.07) is 10.9. The van der Waals surface area contributed by atoms with Crippen molar-refractivity contribution < 1.29 is 28.3 Å². The molecule has 3 N–H and O–H groups in total. The molecule has 1 aliphatic heterocycles. The summed E-state index contributed by atoms with van der Waals surface area (Å²) in [7, 11) is 1.52. The SMILES string of the molecule is COc1ccc2c(c1)OCCNC(=O)[C@@H](NC(=O)Cn1c(=O)oc3ccccc31)CCCCNC2=O. The minimum Gasteiger partial charge on any atom is -0.497 e. The molecule has 0 fully saturated rings. The molecule has 11 heteroatoms. The monoisotopic (exact) mass is 496 g/mol. The van der Waals surface area contributed by atoms with Gasteiger partial charge in [0.15, 0.2) is 5.58 Å². The van der Waals surface area contributed by atoms with E-state index in [-0.39, 0.29) is 31.5 Å². The molecule has 4 rings (SSSR count). The number of amides is 3. The molecule has 190 valence electrons. The van der Waals surface area contributed by atoms with E-state index in [1.807, 2.05) is 0 Å².